The Bertz CT molecular complexity index is 754. The van der Waals surface area contributed by atoms with Gasteiger partial charge in [0.05, 0.1) is 0 Å². The molecule has 0 N–H and O–H groups in total. The highest BCUT2D eigenvalue weighted by molar-refractivity contribution is 5.88. The number of amides is 1. The first kappa shape index (κ1) is 14.5. The maximum Gasteiger partial charge on any atom is 0.246 e. The van der Waals surface area contributed by atoms with Crippen LogP contribution in [-0.2, 0) is 11.3 Å². The van der Waals surface area contributed by atoms with Crippen LogP contribution in [0.4, 0.5) is 0 Å². The van der Waals surface area contributed by atoms with E-state index < -0.39 is 0 Å². The first-order valence-corrected chi connectivity index (χ1v) is 8.65. The Labute approximate surface area is 137 Å². The number of fused-ring (bicyclic) bond motifs is 1. The number of carbonyl (C=O) groups excluding carboxylic acids is 1. The molecule has 0 bridgehead atoms. The van der Waals surface area contributed by atoms with E-state index in [2.05, 4.69) is 42.5 Å². The van der Waals surface area contributed by atoms with Gasteiger partial charge in [0.2, 0.25) is 5.91 Å². The van der Waals surface area contributed by atoms with Crippen LogP contribution >= 0.6 is 0 Å². The summed E-state index contributed by atoms with van der Waals surface area (Å²) >= 11 is 0. The quantitative estimate of drug-likeness (QED) is 0.742. The van der Waals surface area contributed by atoms with Gasteiger partial charge in [0, 0.05) is 19.7 Å². The first-order valence-electron chi connectivity index (χ1n) is 8.65. The van der Waals surface area contributed by atoms with E-state index >= 15 is 0 Å². The fourth-order valence-corrected chi connectivity index (χ4v) is 3.34. The Kier molecular flexibility index (Phi) is 3.68. The summed E-state index contributed by atoms with van der Waals surface area (Å²) in [6.07, 6.45) is 7.07. The standard InChI is InChI=1S/C21H23NO/c1-22(21(23)13-20(17-8-9-17)18-10-11-18)14-15-6-7-16-4-2-3-5-19(16)12-15/h2-7,12-13,17-18H,8-11,14H2,1H3. The summed E-state index contributed by atoms with van der Waals surface area (Å²) in [5, 5.41) is 2.48. The number of rotatable bonds is 5. The summed E-state index contributed by atoms with van der Waals surface area (Å²) in [4.78, 5) is 14.4. The van der Waals surface area contributed by atoms with E-state index in [-0.39, 0.29) is 5.91 Å². The molecule has 0 radical (unpaired) electrons. The van der Waals surface area contributed by atoms with Gasteiger partial charge in [-0.05, 0) is 59.9 Å². The molecule has 2 nitrogen and oxygen atoms in total. The van der Waals surface area contributed by atoms with Crippen LogP contribution in [0.15, 0.2) is 54.1 Å². The summed E-state index contributed by atoms with van der Waals surface area (Å²) in [6, 6.07) is 14.8. The molecular weight excluding hydrogens is 282 g/mol. The lowest BCUT2D eigenvalue weighted by Gasteiger charge is -2.17. The summed E-state index contributed by atoms with van der Waals surface area (Å²) in [5.41, 5.74) is 2.62. The molecule has 2 aliphatic rings. The molecule has 2 fully saturated rings. The lowest BCUT2D eigenvalue weighted by molar-refractivity contribution is -0.125. The van der Waals surface area contributed by atoms with Crippen molar-refractivity contribution in [1.29, 1.82) is 0 Å². The topological polar surface area (TPSA) is 20.3 Å². The Balaban J connectivity index is 1.48. The molecule has 1 amide bonds. The van der Waals surface area contributed by atoms with E-state index in [9.17, 15) is 4.79 Å². The molecular formula is C21H23NO. The van der Waals surface area contributed by atoms with Gasteiger partial charge >= 0.3 is 0 Å². The zero-order valence-corrected chi connectivity index (χ0v) is 13.7. The van der Waals surface area contributed by atoms with Gasteiger partial charge in [0.25, 0.3) is 0 Å². The highest BCUT2D eigenvalue weighted by Crippen LogP contribution is 2.48. The number of likely N-dealkylation sites (N-methyl/N-ethyl adjacent to an activating group) is 1. The minimum Gasteiger partial charge on any atom is -0.338 e. The highest BCUT2D eigenvalue weighted by Gasteiger charge is 2.36. The summed E-state index contributed by atoms with van der Waals surface area (Å²) < 4.78 is 0. The van der Waals surface area contributed by atoms with Crippen LogP contribution in [0.2, 0.25) is 0 Å². The van der Waals surface area contributed by atoms with Crippen LogP contribution in [0.3, 0.4) is 0 Å². The van der Waals surface area contributed by atoms with Crippen LogP contribution in [0.5, 0.6) is 0 Å². The normalized spacial score (nSPS) is 17.1. The van der Waals surface area contributed by atoms with Gasteiger partial charge in [0.15, 0.2) is 0 Å². The van der Waals surface area contributed by atoms with Crippen molar-refractivity contribution in [2.75, 3.05) is 7.05 Å². The third kappa shape index (κ3) is 3.31. The lowest BCUT2D eigenvalue weighted by atomic mass is 10.0. The second-order valence-electron chi connectivity index (χ2n) is 7.07. The smallest absolute Gasteiger partial charge is 0.246 e. The van der Waals surface area contributed by atoms with Gasteiger partial charge in [-0.2, -0.15) is 0 Å². The molecule has 2 saturated carbocycles. The molecule has 0 heterocycles. The van der Waals surface area contributed by atoms with Gasteiger partial charge in [0.1, 0.15) is 0 Å². The van der Waals surface area contributed by atoms with Gasteiger partial charge < -0.3 is 4.90 Å². The molecule has 23 heavy (non-hydrogen) atoms. The van der Waals surface area contributed by atoms with Crippen molar-refractivity contribution >= 4 is 16.7 Å². The summed E-state index contributed by atoms with van der Waals surface area (Å²) in [5.74, 6) is 1.58. The minimum absolute atomic E-state index is 0.159. The molecule has 0 aromatic heterocycles. The van der Waals surface area contributed by atoms with Crippen molar-refractivity contribution in [2.24, 2.45) is 11.8 Å². The molecule has 4 rings (SSSR count). The molecule has 0 aliphatic heterocycles. The molecule has 0 atom stereocenters. The maximum atomic E-state index is 12.5. The molecule has 118 valence electrons. The molecule has 0 spiro atoms. The molecule has 2 heteroatoms. The van der Waals surface area contributed by atoms with Crippen molar-refractivity contribution in [2.45, 2.75) is 32.2 Å². The lowest BCUT2D eigenvalue weighted by Crippen LogP contribution is -2.24. The largest absolute Gasteiger partial charge is 0.338 e. The summed E-state index contributed by atoms with van der Waals surface area (Å²) in [7, 11) is 1.91. The number of carbonyl (C=O) groups is 1. The van der Waals surface area contributed by atoms with E-state index in [1.807, 2.05) is 18.0 Å². The van der Waals surface area contributed by atoms with Crippen molar-refractivity contribution in [3.63, 3.8) is 0 Å². The summed E-state index contributed by atoms with van der Waals surface area (Å²) in [6.45, 7) is 0.669. The number of allylic oxidation sites excluding steroid dienone is 1. The third-order valence-corrected chi connectivity index (χ3v) is 5.00. The van der Waals surface area contributed by atoms with Crippen LogP contribution in [0.1, 0.15) is 31.2 Å². The molecule has 2 aromatic carbocycles. The second-order valence-corrected chi connectivity index (χ2v) is 7.07. The molecule has 0 unspecified atom stereocenters. The average molecular weight is 305 g/mol. The Morgan fingerprint density at radius 1 is 1.04 bits per heavy atom. The predicted molar refractivity (Wildman–Crippen MR) is 94.0 cm³/mol. The van der Waals surface area contributed by atoms with E-state index in [4.69, 9.17) is 0 Å². The van der Waals surface area contributed by atoms with Gasteiger partial charge in [-0.1, -0.05) is 42.0 Å². The van der Waals surface area contributed by atoms with E-state index in [1.165, 1.54) is 47.6 Å². The number of hydrogen-bond donors (Lipinski definition) is 0. The Morgan fingerprint density at radius 2 is 1.70 bits per heavy atom. The third-order valence-electron chi connectivity index (χ3n) is 5.00. The molecule has 2 aromatic rings. The van der Waals surface area contributed by atoms with Crippen LogP contribution < -0.4 is 0 Å². The Hall–Kier alpha value is -2.09. The number of nitrogens with zero attached hydrogens (tertiary/aromatic N) is 1. The van der Waals surface area contributed by atoms with Crippen molar-refractivity contribution in [3.05, 3.63) is 59.7 Å². The van der Waals surface area contributed by atoms with Crippen molar-refractivity contribution < 1.29 is 4.79 Å². The van der Waals surface area contributed by atoms with Crippen LogP contribution in [0.25, 0.3) is 10.8 Å². The van der Waals surface area contributed by atoms with Crippen molar-refractivity contribution in [3.8, 4) is 0 Å². The van der Waals surface area contributed by atoms with E-state index in [0.717, 1.165) is 0 Å². The first-order chi connectivity index (χ1) is 11.2. The van der Waals surface area contributed by atoms with Crippen molar-refractivity contribution in [1.82, 2.24) is 4.90 Å². The van der Waals surface area contributed by atoms with Gasteiger partial charge in [-0.15, -0.1) is 0 Å². The van der Waals surface area contributed by atoms with Crippen LogP contribution in [0, 0.1) is 11.8 Å². The zero-order valence-electron chi connectivity index (χ0n) is 13.7. The van der Waals surface area contributed by atoms with Gasteiger partial charge in [-0.3, -0.25) is 4.79 Å². The molecule has 0 saturated heterocycles. The molecule has 2 aliphatic carbocycles. The predicted octanol–water partition coefficient (Wildman–Crippen LogP) is 4.54. The zero-order chi connectivity index (χ0) is 15.8. The van der Waals surface area contributed by atoms with E-state index in [1.54, 1.807) is 0 Å². The maximum absolute atomic E-state index is 12.5. The fourth-order valence-electron chi connectivity index (χ4n) is 3.34. The average Bonchev–Trinajstić information content (AvgIpc) is 3.46. The van der Waals surface area contributed by atoms with Gasteiger partial charge in [-0.25, -0.2) is 0 Å². The minimum atomic E-state index is 0.159. The second kappa shape index (κ2) is 5.84. The Morgan fingerprint density at radius 3 is 2.35 bits per heavy atom. The fraction of sp³-hybridized carbons (Fsp3) is 0.381. The SMILES string of the molecule is CN(Cc1ccc2ccccc2c1)C(=O)C=C(C1CC1)C1CC1. The van der Waals surface area contributed by atoms with E-state index in [0.29, 0.717) is 18.4 Å². The van der Waals surface area contributed by atoms with Crippen LogP contribution in [-0.4, -0.2) is 17.9 Å². The number of benzene rings is 2. The number of hydrogen-bond acceptors (Lipinski definition) is 1. The monoisotopic (exact) mass is 305 g/mol. The highest BCUT2D eigenvalue weighted by atomic mass is 16.2.